The predicted octanol–water partition coefficient (Wildman–Crippen LogP) is 2.44. The minimum absolute atomic E-state index is 0.0177. The van der Waals surface area contributed by atoms with Crippen LogP contribution in [-0.4, -0.2) is 17.7 Å². The van der Waals surface area contributed by atoms with Gasteiger partial charge in [0.05, 0.1) is 6.42 Å². The van der Waals surface area contributed by atoms with Crippen LogP contribution < -0.4 is 4.91 Å². The van der Waals surface area contributed by atoms with Crippen LogP contribution in [0.3, 0.4) is 0 Å². The summed E-state index contributed by atoms with van der Waals surface area (Å²) in [6.07, 6.45) is -6.20. The van der Waals surface area contributed by atoms with Crippen LogP contribution in [0.2, 0.25) is 0 Å². The Morgan fingerprint density at radius 3 is 2.26 bits per heavy atom. The number of nitrogens with zero attached hydrogens (tertiary/aromatic N) is 2. The summed E-state index contributed by atoms with van der Waals surface area (Å²) in [5, 5.41) is 3.40. The van der Waals surface area contributed by atoms with Gasteiger partial charge in [0.1, 0.15) is 17.2 Å². The van der Waals surface area contributed by atoms with E-state index >= 15 is 0 Å². The van der Waals surface area contributed by atoms with Gasteiger partial charge in [-0.1, -0.05) is 24.3 Å². The van der Waals surface area contributed by atoms with Gasteiger partial charge < -0.3 is 0 Å². The quantitative estimate of drug-likeness (QED) is 0.386. The second kappa shape index (κ2) is 6.01. The summed E-state index contributed by atoms with van der Waals surface area (Å²) in [6.45, 7) is 0.138. The van der Waals surface area contributed by atoms with Gasteiger partial charge in [-0.2, -0.15) is 13.2 Å². The number of ketones is 2. The molecule has 0 heterocycles. The first kappa shape index (κ1) is 14.7. The van der Waals surface area contributed by atoms with Crippen LogP contribution in [0.15, 0.2) is 29.4 Å². The maximum absolute atomic E-state index is 12.0. The summed E-state index contributed by atoms with van der Waals surface area (Å²) in [6, 6.07) is 5.56. The van der Waals surface area contributed by atoms with Crippen LogP contribution >= 0.6 is 0 Å². The third-order valence-electron chi connectivity index (χ3n) is 2.24. The Morgan fingerprint density at radius 1 is 1.21 bits per heavy atom. The Kier molecular flexibility index (Phi) is 4.66. The maximum atomic E-state index is 12.0. The van der Waals surface area contributed by atoms with Crippen molar-refractivity contribution in [3.63, 3.8) is 0 Å². The van der Waals surface area contributed by atoms with Crippen LogP contribution in [0.1, 0.15) is 22.3 Å². The fraction of sp³-hybridized carbons (Fsp3) is 0.273. The van der Waals surface area contributed by atoms with Gasteiger partial charge in [-0.05, 0) is 5.56 Å². The number of hydrogen-bond acceptors (Lipinski definition) is 4. The molecule has 0 aliphatic carbocycles. The topological polar surface area (TPSA) is 84.4 Å². The number of rotatable bonds is 5. The van der Waals surface area contributed by atoms with E-state index in [9.17, 15) is 22.8 Å². The third kappa shape index (κ3) is 4.44. The fourth-order valence-electron chi connectivity index (χ4n) is 1.26. The molecule has 0 saturated carbocycles. The standard InChI is InChI=1S/C11H9F3N3O2/c12-11(13,14)10(19)5-9(18)8-3-1-7(2-4-8)6-16-17-15/h1-4,15H,5-6H2/q+1. The number of halogens is 3. The molecule has 0 saturated heterocycles. The zero-order valence-corrected chi connectivity index (χ0v) is 9.57. The Hall–Kier alpha value is -2.34. The molecule has 0 aliphatic heterocycles. The Balaban J connectivity index is 2.73. The predicted molar refractivity (Wildman–Crippen MR) is 57.4 cm³/mol. The molecule has 0 amide bonds. The Bertz CT molecular complexity index is 531. The Morgan fingerprint density at radius 2 is 1.79 bits per heavy atom. The normalized spacial score (nSPS) is 10.7. The average Bonchev–Trinajstić information content (AvgIpc) is 2.35. The molecule has 0 aliphatic rings. The number of Topliss-reactive ketones (excluding diaryl/α,β-unsaturated/α-hetero) is 2. The van der Waals surface area contributed by atoms with Crippen molar-refractivity contribution in [1.82, 2.24) is 4.91 Å². The molecule has 0 fully saturated rings. The van der Waals surface area contributed by atoms with Gasteiger partial charge in [0, 0.05) is 5.56 Å². The van der Waals surface area contributed by atoms with Crippen molar-refractivity contribution < 1.29 is 22.8 Å². The molecule has 0 radical (unpaired) electrons. The van der Waals surface area contributed by atoms with Crippen molar-refractivity contribution in [3.05, 3.63) is 35.4 Å². The fourth-order valence-corrected chi connectivity index (χ4v) is 1.26. The summed E-state index contributed by atoms with van der Waals surface area (Å²) in [7, 11) is 0. The van der Waals surface area contributed by atoms with Crippen LogP contribution in [-0.2, 0) is 11.3 Å². The van der Waals surface area contributed by atoms with E-state index in [1.807, 2.05) is 0 Å². The van der Waals surface area contributed by atoms with E-state index in [1.54, 1.807) is 0 Å². The number of carbonyl (C=O) groups excluding carboxylic acids is 2. The number of carbonyl (C=O) groups is 2. The molecule has 0 unspecified atom stereocenters. The molecule has 0 spiro atoms. The number of nitrogens with one attached hydrogen (secondary N) is 1. The molecule has 0 bridgehead atoms. The highest BCUT2D eigenvalue weighted by Gasteiger charge is 2.39. The minimum atomic E-state index is -5.00. The first-order valence-corrected chi connectivity index (χ1v) is 5.10. The van der Waals surface area contributed by atoms with Gasteiger partial charge in [-0.25, -0.2) is 0 Å². The van der Waals surface area contributed by atoms with Gasteiger partial charge in [-0.3, -0.25) is 9.59 Å². The monoisotopic (exact) mass is 272 g/mol. The highest BCUT2D eigenvalue weighted by molar-refractivity contribution is 6.09. The molecular weight excluding hydrogens is 263 g/mol. The molecule has 0 atom stereocenters. The maximum Gasteiger partial charge on any atom is 0.450 e. The lowest BCUT2D eigenvalue weighted by molar-refractivity contribution is -0.170. The molecule has 1 N–H and O–H groups in total. The average molecular weight is 272 g/mol. The van der Waals surface area contributed by atoms with Gasteiger partial charge in [-0.15, -0.1) is 0 Å². The molecule has 5 nitrogen and oxygen atoms in total. The van der Waals surface area contributed by atoms with E-state index in [0.717, 1.165) is 0 Å². The zero-order chi connectivity index (χ0) is 14.5. The second-order valence-corrected chi connectivity index (χ2v) is 3.62. The second-order valence-electron chi connectivity index (χ2n) is 3.62. The highest BCUT2D eigenvalue weighted by atomic mass is 19.4. The third-order valence-corrected chi connectivity index (χ3v) is 2.24. The lowest BCUT2D eigenvalue weighted by atomic mass is 10.0. The largest absolute Gasteiger partial charge is 0.450 e. The van der Waals surface area contributed by atoms with Gasteiger partial charge in [0.25, 0.3) is 0 Å². The van der Waals surface area contributed by atoms with Crippen LogP contribution in [0.4, 0.5) is 13.2 Å². The number of hydrogen-bond donors (Lipinski definition) is 1. The first-order valence-electron chi connectivity index (χ1n) is 5.10. The van der Waals surface area contributed by atoms with Crippen molar-refractivity contribution >= 4 is 11.6 Å². The van der Waals surface area contributed by atoms with Crippen molar-refractivity contribution in [2.45, 2.75) is 19.1 Å². The van der Waals surface area contributed by atoms with E-state index in [1.165, 1.54) is 24.3 Å². The lowest BCUT2D eigenvalue weighted by Crippen LogP contribution is -2.25. The van der Waals surface area contributed by atoms with Crippen molar-refractivity contribution in [3.8, 4) is 0 Å². The molecule has 1 rings (SSSR count). The first-order chi connectivity index (χ1) is 8.84. The molecule has 19 heavy (non-hydrogen) atoms. The van der Waals surface area contributed by atoms with Crippen molar-refractivity contribution in [2.24, 2.45) is 5.11 Å². The summed E-state index contributed by atoms with van der Waals surface area (Å²) in [5.41, 5.74) is 7.12. The van der Waals surface area contributed by atoms with E-state index in [0.29, 0.717) is 5.56 Å². The molecule has 1 aromatic carbocycles. The molecule has 1 aromatic rings. The van der Waals surface area contributed by atoms with Gasteiger partial charge in [0.15, 0.2) is 5.78 Å². The van der Waals surface area contributed by atoms with Crippen LogP contribution in [0.5, 0.6) is 0 Å². The molecule has 8 heteroatoms. The summed E-state index contributed by atoms with van der Waals surface area (Å²) >= 11 is 0. The Labute approximate surface area is 105 Å². The molecule has 0 aromatic heterocycles. The molecular formula is C11H9F3N3O2+. The van der Waals surface area contributed by atoms with E-state index in [2.05, 4.69) is 10.0 Å². The molecule has 100 valence electrons. The minimum Gasteiger partial charge on any atom is -0.294 e. The number of benzene rings is 1. The van der Waals surface area contributed by atoms with Gasteiger partial charge in [0.2, 0.25) is 10.7 Å². The SMILES string of the molecule is N=[N+]=NCc1ccc(C(=O)CC(=O)C(F)(F)F)cc1. The van der Waals surface area contributed by atoms with Crippen molar-refractivity contribution in [2.75, 3.05) is 0 Å². The lowest BCUT2D eigenvalue weighted by Gasteiger charge is -2.04. The van der Waals surface area contributed by atoms with Crippen LogP contribution in [0.25, 0.3) is 0 Å². The van der Waals surface area contributed by atoms with Gasteiger partial charge >= 0.3 is 6.18 Å². The summed E-state index contributed by atoms with van der Waals surface area (Å²) < 4.78 is 36.0. The zero-order valence-electron chi connectivity index (χ0n) is 9.57. The number of alkyl halides is 3. The smallest absolute Gasteiger partial charge is 0.294 e. The highest BCUT2D eigenvalue weighted by Crippen LogP contribution is 2.19. The summed E-state index contributed by atoms with van der Waals surface area (Å²) in [4.78, 5) is 24.9. The van der Waals surface area contributed by atoms with E-state index < -0.39 is 24.2 Å². The summed E-state index contributed by atoms with van der Waals surface area (Å²) in [5.74, 6) is -2.96. The van der Waals surface area contributed by atoms with E-state index in [-0.39, 0.29) is 12.1 Å². The van der Waals surface area contributed by atoms with Crippen molar-refractivity contribution in [1.29, 1.82) is 5.53 Å². The van der Waals surface area contributed by atoms with Crippen LogP contribution in [0, 0.1) is 5.53 Å². The van der Waals surface area contributed by atoms with E-state index in [4.69, 9.17) is 5.53 Å².